The first-order chi connectivity index (χ1) is 13.8. The summed E-state index contributed by atoms with van der Waals surface area (Å²) in [6, 6.07) is 6.40. The molecule has 2 rings (SSSR count). The summed E-state index contributed by atoms with van der Waals surface area (Å²) in [4.78, 5) is 25.1. The average molecular weight is 429 g/mol. The molecule has 3 N–H and O–H groups in total. The van der Waals surface area contributed by atoms with Gasteiger partial charge in [0, 0.05) is 33.3 Å². The number of primary amides is 1. The van der Waals surface area contributed by atoms with E-state index in [0.717, 1.165) is 5.56 Å². The minimum atomic E-state index is -3.54. The second kappa shape index (κ2) is 11.2. The fourth-order valence-corrected chi connectivity index (χ4v) is 4.24. The van der Waals surface area contributed by atoms with Crippen molar-refractivity contribution in [2.75, 3.05) is 59.7 Å². The third kappa shape index (κ3) is 7.37. The van der Waals surface area contributed by atoms with Gasteiger partial charge in [-0.25, -0.2) is 8.42 Å². The van der Waals surface area contributed by atoms with E-state index in [1.807, 2.05) is 0 Å². The van der Waals surface area contributed by atoms with E-state index >= 15 is 0 Å². The number of sulfonamides is 1. The van der Waals surface area contributed by atoms with Crippen molar-refractivity contribution in [3.8, 4) is 0 Å². The molecule has 0 unspecified atom stereocenters. The Balaban J connectivity index is 1.88. The molecule has 0 aromatic heterocycles. The smallest absolute Gasteiger partial charge is 0.243 e. The molecular weight excluding hydrogens is 400 g/mol. The van der Waals surface area contributed by atoms with E-state index in [1.165, 1.54) is 23.5 Å². The predicted octanol–water partition coefficient (Wildman–Crippen LogP) is -1.24. The normalized spacial score (nSPS) is 15.4. The number of morpholine rings is 1. The SMILES string of the molecule is COCCN(CC(N)=O)CC(=O)NCc1ccc(S(=O)(=O)N2CCOCC2)cc1. The van der Waals surface area contributed by atoms with Crippen molar-refractivity contribution in [3.63, 3.8) is 0 Å². The third-order valence-corrected chi connectivity index (χ3v) is 6.29. The van der Waals surface area contributed by atoms with Crippen LogP contribution in [-0.2, 0) is 35.6 Å². The van der Waals surface area contributed by atoms with Crippen LogP contribution < -0.4 is 11.1 Å². The van der Waals surface area contributed by atoms with E-state index in [1.54, 1.807) is 17.0 Å². The van der Waals surface area contributed by atoms with Crippen LogP contribution in [0.1, 0.15) is 5.56 Å². The standard InChI is InChI=1S/C18H28N4O6S/c1-27-9-6-21(13-17(19)23)14-18(24)20-12-15-2-4-16(5-3-15)29(25,26)22-7-10-28-11-8-22/h2-5H,6-14H2,1H3,(H2,19,23)(H,20,24). The number of benzene rings is 1. The second-order valence-corrected chi connectivity index (χ2v) is 8.54. The fraction of sp³-hybridized carbons (Fsp3) is 0.556. The predicted molar refractivity (Wildman–Crippen MR) is 105 cm³/mol. The molecule has 0 spiro atoms. The van der Waals surface area contributed by atoms with Gasteiger partial charge >= 0.3 is 0 Å². The molecule has 162 valence electrons. The van der Waals surface area contributed by atoms with Gasteiger partial charge in [0.05, 0.1) is 37.8 Å². The number of ether oxygens (including phenoxy) is 2. The second-order valence-electron chi connectivity index (χ2n) is 6.61. The van der Waals surface area contributed by atoms with Crippen molar-refractivity contribution >= 4 is 21.8 Å². The molecule has 1 saturated heterocycles. The number of hydrogen-bond acceptors (Lipinski definition) is 7. The van der Waals surface area contributed by atoms with Crippen LogP contribution in [0.15, 0.2) is 29.2 Å². The molecule has 0 bridgehead atoms. The van der Waals surface area contributed by atoms with Crippen molar-refractivity contribution in [1.29, 1.82) is 0 Å². The van der Waals surface area contributed by atoms with Gasteiger partial charge in [-0.3, -0.25) is 14.5 Å². The van der Waals surface area contributed by atoms with Gasteiger partial charge < -0.3 is 20.5 Å². The van der Waals surface area contributed by atoms with Crippen LogP contribution in [0.25, 0.3) is 0 Å². The summed E-state index contributed by atoms with van der Waals surface area (Å²) in [5, 5.41) is 2.75. The maximum absolute atomic E-state index is 12.6. The summed E-state index contributed by atoms with van der Waals surface area (Å²) in [6.07, 6.45) is 0. The highest BCUT2D eigenvalue weighted by Crippen LogP contribution is 2.17. The zero-order valence-electron chi connectivity index (χ0n) is 16.5. The Kier molecular flexibility index (Phi) is 8.99. The number of methoxy groups -OCH3 is 1. The lowest BCUT2D eigenvalue weighted by molar-refractivity contribution is -0.124. The lowest BCUT2D eigenvalue weighted by Gasteiger charge is -2.26. The highest BCUT2D eigenvalue weighted by molar-refractivity contribution is 7.89. The molecule has 1 aromatic rings. The molecule has 1 aliphatic rings. The van der Waals surface area contributed by atoms with E-state index in [4.69, 9.17) is 15.2 Å². The largest absolute Gasteiger partial charge is 0.383 e. The molecule has 1 aliphatic heterocycles. The van der Waals surface area contributed by atoms with Crippen LogP contribution in [0.5, 0.6) is 0 Å². The van der Waals surface area contributed by atoms with E-state index in [9.17, 15) is 18.0 Å². The van der Waals surface area contributed by atoms with Crippen LogP contribution in [0.3, 0.4) is 0 Å². The topological polar surface area (TPSA) is 131 Å². The Morgan fingerprint density at radius 3 is 2.45 bits per heavy atom. The number of hydrogen-bond donors (Lipinski definition) is 2. The Morgan fingerprint density at radius 1 is 1.21 bits per heavy atom. The van der Waals surface area contributed by atoms with Crippen LogP contribution >= 0.6 is 0 Å². The van der Waals surface area contributed by atoms with Gasteiger partial charge in [-0.1, -0.05) is 12.1 Å². The van der Waals surface area contributed by atoms with Crippen LogP contribution in [0.4, 0.5) is 0 Å². The van der Waals surface area contributed by atoms with Gasteiger partial charge in [0.25, 0.3) is 0 Å². The quantitative estimate of drug-likeness (QED) is 0.451. The molecule has 0 saturated carbocycles. The fourth-order valence-electron chi connectivity index (χ4n) is 2.83. The molecule has 1 heterocycles. The van der Waals surface area contributed by atoms with Crippen molar-refractivity contribution in [3.05, 3.63) is 29.8 Å². The zero-order valence-corrected chi connectivity index (χ0v) is 17.3. The first-order valence-corrected chi connectivity index (χ1v) is 10.7. The summed E-state index contributed by atoms with van der Waals surface area (Å²) in [7, 11) is -2.01. The van der Waals surface area contributed by atoms with Crippen molar-refractivity contribution < 1.29 is 27.5 Å². The molecule has 0 radical (unpaired) electrons. The number of nitrogens with one attached hydrogen (secondary N) is 1. The molecule has 29 heavy (non-hydrogen) atoms. The minimum absolute atomic E-state index is 0.00972. The molecular formula is C18H28N4O6S. The Hall–Kier alpha value is -2.05. The monoisotopic (exact) mass is 428 g/mol. The van der Waals surface area contributed by atoms with Gasteiger partial charge in [-0.05, 0) is 17.7 Å². The van der Waals surface area contributed by atoms with Gasteiger partial charge in [0.15, 0.2) is 0 Å². The maximum Gasteiger partial charge on any atom is 0.243 e. The maximum atomic E-state index is 12.6. The summed E-state index contributed by atoms with van der Waals surface area (Å²) < 4.78 is 36.8. The van der Waals surface area contributed by atoms with Gasteiger partial charge in [0.1, 0.15) is 0 Å². The van der Waals surface area contributed by atoms with Crippen LogP contribution in [0, 0.1) is 0 Å². The van der Waals surface area contributed by atoms with E-state index in [0.29, 0.717) is 39.5 Å². The first kappa shape index (κ1) is 23.2. The summed E-state index contributed by atoms with van der Waals surface area (Å²) in [5.74, 6) is -0.793. The number of rotatable bonds is 11. The molecule has 10 nitrogen and oxygen atoms in total. The Morgan fingerprint density at radius 2 is 1.86 bits per heavy atom. The number of carbonyl (C=O) groups is 2. The van der Waals surface area contributed by atoms with Crippen molar-refractivity contribution in [1.82, 2.24) is 14.5 Å². The molecule has 11 heteroatoms. The molecule has 0 atom stereocenters. The minimum Gasteiger partial charge on any atom is -0.383 e. The van der Waals surface area contributed by atoms with Gasteiger partial charge in [0.2, 0.25) is 21.8 Å². The van der Waals surface area contributed by atoms with Gasteiger partial charge in [-0.2, -0.15) is 4.31 Å². The lowest BCUT2D eigenvalue weighted by atomic mass is 10.2. The highest BCUT2D eigenvalue weighted by atomic mass is 32.2. The average Bonchev–Trinajstić information content (AvgIpc) is 2.71. The molecule has 0 aliphatic carbocycles. The number of nitrogens with zero attached hydrogens (tertiary/aromatic N) is 2. The summed E-state index contributed by atoms with van der Waals surface area (Å²) >= 11 is 0. The first-order valence-electron chi connectivity index (χ1n) is 9.26. The number of carbonyl (C=O) groups excluding carboxylic acids is 2. The van der Waals surface area contributed by atoms with Crippen molar-refractivity contribution in [2.24, 2.45) is 5.73 Å². The highest BCUT2D eigenvalue weighted by Gasteiger charge is 2.26. The summed E-state index contributed by atoms with van der Waals surface area (Å²) in [6.45, 7) is 2.45. The number of amides is 2. The molecule has 1 fully saturated rings. The van der Waals surface area contributed by atoms with E-state index in [-0.39, 0.29) is 30.4 Å². The number of nitrogens with two attached hydrogens (primary N) is 1. The Bertz CT molecular complexity index is 778. The van der Waals surface area contributed by atoms with Crippen LogP contribution in [0.2, 0.25) is 0 Å². The van der Waals surface area contributed by atoms with Crippen molar-refractivity contribution in [2.45, 2.75) is 11.4 Å². The van der Waals surface area contributed by atoms with E-state index < -0.39 is 15.9 Å². The Labute approximate surface area is 171 Å². The van der Waals surface area contributed by atoms with Crippen LogP contribution in [-0.4, -0.2) is 89.1 Å². The molecule has 1 aromatic carbocycles. The molecule has 2 amide bonds. The van der Waals surface area contributed by atoms with E-state index in [2.05, 4.69) is 5.32 Å². The van der Waals surface area contributed by atoms with Gasteiger partial charge in [-0.15, -0.1) is 0 Å². The lowest BCUT2D eigenvalue weighted by Crippen LogP contribution is -2.42. The zero-order chi connectivity index (χ0) is 21.3. The summed E-state index contributed by atoms with van der Waals surface area (Å²) in [5.41, 5.74) is 5.96. The third-order valence-electron chi connectivity index (χ3n) is 4.38.